The first kappa shape index (κ1) is 17.9. The highest BCUT2D eigenvalue weighted by atomic mass is 16.6. The average molecular weight is 327 g/mol. The van der Waals surface area contributed by atoms with Crippen LogP contribution in [0, 0.1) is 0 Å². The van der Waals surface area contributed by atoms with Crippen LogP contribution in [0.15, 0.2) is 54.1 Å². The number of nitrogens with one attached hydrogen (secondary N) is 1. The van der Waals surface area contributed by atoms with Crippen molar-refractivity contribution in [2.75, 3.05) is 19.7 Å². The Morgan fingerprint density at radius 1 is 1.04 bits per heavy atom. The number of hydrogen-bond acceptors (Lipinski definition) is 4. The molecule has 0 aliphatic heterocycles. The van der Waals surface area contributed by atoms with Gasteiger partial charge >= 0.3 is 0 Å². The first-order chi connectivity index (χ1) is 11.7. The molecule has 0 fully saturated rings. The van der Waals surface area contributed by atoms with E-state index in [0.717, 1.165) is 34.7 Å². The summed E-state index contributed by atoms with van der Waals surface area (Å²) in [5, 5.41) is 0. The van der Waals surface area contributed by atoms with Crippen molar-refractivity contribution < 1.29 is 14.3 Å². The van der Waals surface area contributed by atoms with Gasteiger partial charge in [-0.25, -0.2) is 0 Å². The summed E-state index contributed by atoms with van der Waals surface area (Å²) in [6.45, 7) is 4.71. The maximum Gasteiger partial charge on any atom is 0.128 e. The fourth-order valence-corrected chi connectivity index (χ4v) is 2.36. The van der Waals surface area contributed by atoms with E-state index in [1.165, 1.54) is 5.57 Å². The fraction of sp³-hybridized carbons (Fsp3) is 0.300. The summed E-state index contributed by atoms with van der Waals surface area (Å²) in [6, 6.07) is 15.9. The van der Waals surface area contributed by atoms with Crippen LogP contribution in [0.3, 0.4) is 0 Å². The Hall–Kier alpha value is -2.46. The summed E-state index contributed by atoms with van der Waals surface area (Å²) in [5.41, 5.74) is 6.97. The van der Waals surface area contributed by atoms with Crippen LogP contribution in [-0.2, 0) is 16.2 Å². The molecular weight excluding hydrogens is 302 g/mol. The molecule has 1 N–H and O–H groups in total. The molecule has 0 saturated carbocycles. The van der Waals surface area contributed by atoms with Crippen molar-refractivity contribution in [2.45, 2.75) is 26.9 Å². The van der Waals surface area contributed by atoms with Crippen LogP contribution in [0.25, 0.3) is 5.76 Å². The molecular formula is C20H25NO3. The molecule has 4 heteroatoms. The van der Waals surface area contributed by atoms with Gasteiger partial charge in [-0.15, -0.1) is 0 Å². The van der Waals surface area contributed by atoms with Gasteiger partial charge < -0.3 is 9.47 Å². The summed E-state index contributed by atoms with van der Waals surface area (Å²) < 4.78 is 11.5. The molecule has 2 rings (SSSR count). The molecule has 4 nitrogen and oxygen atoms in total. The third-order valence-corrected chi connectivity index (χ3v) is 3.83. The first-order valence-electron chi connectivity index (χ1n) is 8.03. The second-order valence-corrected chi connectivity index (χ2v) is 5.45. The largest absolute Gasteiger partial charge is 0.497 e. The molecule has 0 aliphatic rings. The van der Waals surface area contributed by atoms with Crippen LogP contribution in [0.5, 0.6) is 5.75 Å². The number of rotatable bonds is 8. The van der Waals surface area contributed by atoms with Crippen LogP contribution in [0.1, 0.15) is 31.4 Å². The Bertz CT molecular complexity index is 681. The van der Waals surface area contributed by atoms with E-state index in [2.05, 4.69) is 31.5 Å². The van der Waals surface area contributed by atoms with E-state index in [1.807, 2.05) is 36.4 Å². The Morgan fingerprint density at radius 3 is 2.42 bits per heavy atom. The number of anilines is 1. The molecule has 128 valence electrons. The smallest absolute Gasteiger partial charge is 0.128 e. The minimum absolute atomic E-state index is 0.511. The lowest BCUT2D eigenvalue weighted by Crippen LogP contribution is -2.04. The molecule has 0 atom stereocenters. The second-order valence-electron chi connectivity index (χ2n) is 5.45. The van der Waals surface area contributed by atoms with Gasteiger partial charge in [-0.3, -0.25) is 10.3 Å². The molecule has 0 unspecified atom stereocenters. The fourth-order valence-electron chi connectivity index (χ4n) is 2.36. The van der Waals surface area contributed by atoms with E-state index < -0.39 is 0 Å². The molecule has 24 heavy (non-hydrogen) atoms. The SMILES string of the molecule is CC/C(C)=C(/OCc1ccccc1)c1cc(OC)ccc1NOC. The van der Waals surface area contributed by atoms with Crippen molar-refractivity contribution >= 4 is 11.4 Å². The zero-order valence-corrected chi connectivity index (χ0v) is 14.8. The van der Waals surface area contributed by atoms with E-state index in [0.29, 0.717) is 6.61 Å². The minimum Gasteiger partial charge on any atom is -0.497 e. The zero-order valence-electron chi connectivity index (χ0n) is 14.8. The summed E-state index contributed by atoms with van der Waals surface area (Å²) >= 11 is 0. The minimum atomic E-state index is 0.511. The second kappa shape index (κ2) is 8.99. The molecule has 2 aromatic rings. The van der Waals surface area contributed by atoms with Gasteiger partial charge in [0.15, 0.2) is 0 Å². The van der Waals surface area contributed by atoms with Crippen LogP contribution in [-0.4, -0.2) is 14.2 Å². The molecule has 0 aromatic heterocycles. The van der Waals surface area contributed by atoms with Crippen LogP contribution in [0.2, 0.25) is 0 Å². The van der Waals surface area contributed by atoms with Gasteiger partial charge in [0.25, 0.3) is 0 Å². The van der Waals surface area contributed by atoms with Crippen LogP contribution < -0.4 is 10.2 Å². The van der Waals surface area contributed by atoms with Crippen molar-refractivity contribution in [3.05, 3.63) is 65.2 Å². The summed E-state index contributed by atoms with van der Waals surface area (Å²) in [7, 11) is 3.25. The standard InChI is InChI=1S/C20H25NO3/c1-5-15(2)20(24-14-16-9-7-6-8-10-16)18-13-17(22-3)11-12-19(18)21-23-4/h6-13,21H,5,14H2,1-4H3/b20-15+. The molecule has 0 saturated heterocycles. The number of benzene rings is 2. The van der Waals surface area contributed by atoms with Crippen molar-refractivity contribution in [3.8, 4) is 5.75 Å². The molecule has 0 spiro atoms. The lowest BCUT2D eigenvalue weighted by Gasteiger charge is -2.18. The monoisotopic (exact) mass is 327 g/mol. The Morgan fingerprint density at radius 2 is 1.79 bits per heavy atom. The zero-order chi connectivity index (χ0) is 17.4. The van der Waals surface area contributed by atoms with E-state index in [1.54, 1.807) is 14.2 Å². The number of methoxy groups -OCH3 is 1. The highest BCUT2D eigenvalue weighted by Crippen LogP contribution is 2.32. The lowest BCUT2D eigenvalue weighted by molar-refractivity contribution is 0.257. The third kappa shape index (κ3) is 4.52. The number of ether oxygens (including phenoxy) is 2. The predicted octanol–water partition coefficient (Wildman–Crippen LogP) is 5.03. The van der Waals surface area contributed by atoms with Crippen LogP contribution >= 0.6 is 0 Å². The van der Waals surface area contributed by atoms with E-state index in [-0.39, 0.29) is 0 Å². The highest BCUT2D eigenvalue weighted by Gasteiger charge is 2.14. The van der Waals surface area contributed by atoms with Gasteiger partial charge in [-0.2, -0.15) is 0 Å². The van der Waals surface area contributed by atoms with E-state index >= 15 is 0 Å². The van der Waals surface area contributed by atoms with Crippen molar-refractivity contribution in [1.82, 2.24) is 0 Å². The van der Waals surface area contributed by atoms with Crippen molar-refractivity contribution in [3.63, 3.8) is 0 Å². The van der Waals surface area contributed by atoms with Gasteiger partial charge in [0, 0.05) is 5.56 Å². The Kier molecular flexibility index (Phi) is 6.70. The molecule has 0 heterocycles. The number of allylic oxidation sites excluding steroid dienone is 1. The van der Waals surface area contributed by atoms with E-state index in [4.69, 9.17) is 14.3 Å². The Labute approximate surface area is 144 Å². The van der Waals surface area contributed by atoms with Gasteiger partial charge in [-0.1, -0.05) is 37.3 Å². The van der Waals surface area contributed by atoms with Gasteiger partial charge in [0.2, 0.25) is 0 Å². The molecule has 0 bridgehead atoms. The first-order valence-corrected chi connectivity index (χ1v) is 8.03. The topological polar surface area (TPSA) is 39.7 Å². The molecule has 0 amide bonds. The highest BCUT2D eigenvalue weighted by molar-refractivity contribution is 5.75. The normalized spacial score (nSPS) is 11.7. The average Bonchev–Trinajstić information content (AvgIpc) is 2.63. The van der Waals surface area contributed by atoms with Gasteiger partial charge in [0.05, 0.1) is 19.9 Å². The predicted molar refractivity (Wildman–Crippen MR) is 97.7 cm³/mol. The van der Waals surface area contributed by atoms with Crippen molar-refractivity contribution in [2.24, 2.45) is 0 Å². The number of hydrogen-bond donors (Lipinski definition) is 1. The quantitative estimate of drug-likeness (QED) is 0.545. The summed E-state index contributed by atoms with van der Waals surface area (Å²) in [5.74, 6) is 1.62. The van der Waals surface area contributed by atoms with Gasteiger partial charge in [-0.05, 0) is 42.7 Å². The molecule has 2 aromatic carbocycles. The van der Waals surface area contributed by atoms with E-state index in [9.17, 15) is 0 Å². The Balaban J connectivity index is 2.37. The summed E-state index contributed by atoms with van der Waals surface area (Å²) in [4.78, 5) is 5.10. The van der Waals surface area contributed by atoms with Crippen LogP contribution in [0.4, 0.5) is 5.69 Å². The van der Waals surface area contributed by atoms with Gasteiger partial charge in [0.1, 0.15) is 18.1 Å². The summed E-state index contributed by atoms with van der Waals surface area (Å²) in [6.07, 6.45) is 0.897. The maximum absolute atomic E-state index is 6.18. The maximum atomic E-state index is 6.18. The third-order valence-electron chi connectivity index (χ3n) is 3.83. The lowest BCUT2D eigenvalue weighted by atomic mass is 10.1. The molecule has 0 radical (unpaired) electrons. The molecule has 0 aliphatic carbocycles. The van der Waals surface area contributed by atoms with Crippen molar-refractivity contribution in [1.29, 1.82) is 0 Å².